The maximum atomic E-state index is 13.4. The largest absolute Gasteiger partial charge is 0.438 e. The minimum atomic E-state index is -6.47. The van der Waals surface area contributed by atoms with Crippen molar-refractivity contribution in [2.24, 2.45) is 17.8 Å². The lowest BCUT2D eigenvalue weighted by Crippen LogP contribution is -2.63. The second-order valence-electron chi connectivity index (χ2n) is 8.67. The SMILES string of the molecule is [B]Cc1ccc(C(=O)OC(CS(=O)(=O)O)(C(F)(F)F)C(F)(F)F)cc1OC(=O)C1CC2CCC1C2. The summed E-state index contributed by atoms with van der Waals surface area (Å²) in [7, 11) is -0.375. The summed E-state index contributed by atoms with van der Waals surface area (Å²) in [6.45, 7) is 0. The summed E-state index contributed by atoms with van der Waals surface area (Å²) in [5.41, 5.74) is -6.32. The second-order valence-corrected chi connectivity index (χ2v) is 10.1. The van der Waals surface area contributed by atoms with Crippen LogP contribution in [0.15, 0.2) is 18.2 Å². The third kappa shape index (κ3) is 5.60. The minimum Gasteiger partial charge on any atom is -0.435 e. The number of carbonyl (C=O) groups is 2. The highest BCUT2D eigenvalue weighted by atomic mass is 32.2. The Morgan fingerprint density at radius 3 is 2.14 bits per heavy atom. The van der Waals surface area contributed by atoms with Crippen molar-refractivity contribution in [3.8, 4) is 5.75 Å². The van der Waals surface area contributed by atoms with E-state index in [-0.39, 0.29) is 23.6 Å². The van der Waals surface area contributed by atoms with Gasteiger partial charge in [-0.1, -0.05) is 18.8 Å². The van der Waals surface area contributed by atoms with Crippen LogP contribution in [0.2, 0.25) is 0 Å². The molecule has 3 unspecified atom stereocenters. The molecule has 1 N–H and O–H groups in total. The van der Waals surface area contributed by atoms with Crippen molar-refractivity contribution in [2.45, 2.75) is 50.0 Å². The fraction of sp³-hybridized carbons (Fsp3) is 0.600. The molecule has 3 rings (SSSR count). The van der Waals surface area contributed by atoms with Gasteiger partial charge in [-0.25, -0.2) is 4.79 Å². The van der Waals surface area contributed by atoms with E-state index in [0.29, 0.717) is 18.4 Å². The first-order valence-electron chi connectivity index (χ1n) is 10.3. The summed E-state index contributed by atoms with van der Waals surface area (Å²) in [6.07, 6.45) is -9.94. The Morgan fingerprint density at radius 2 is 1.69 bits per heavy atom. The lowest BCUT2D eigenvalue weighted by Gasteiger charge is -2.35. The number of ether oxygens (including phenoxy) is 2. The van der Waals surface area contributed by atoms with Crippen LogP contribution in [0.3, 0.4) is 0 Å². The molecule has 15 heteroatoms. The van der Waals surface area contributed by atoms with Crippen LogP contribution in [0.5, 0.6) is 5.75 Å². The molecule has 1 aromatic rings. The van der Waals surface area contributed by atoms with E-state index in [1.165, 1.54) is 0 Å². The molecule has 3 atom stereocenters. The van der Waals surface area contributed by atoms with Crippen molar-refractivity contribution >= 4 is 29.9 Å². The van der Waals surface area contributed by atoms with Crippen LogP contribution >= 0.6 is 0 Å². The van der Waals surface area contributed by atoms with Crippen molar-refractivity contribution < 1.29 is 58.4 Å². The first-order chi connectivity index (χ1) is 16.0. The van der Waals surface area contributed by atoms with E-state index in [9.17, 15) is 44.3 Å². The highest BCUT2D eigenvalue weighted by Gasteiger charge is 2.76. The van der Waals surface area contributed by atoms with Crippen LogP contribution in [0, 0.1) is 17.8 Å². The third-order valence-corrected chi connectivity index (χ3v) is 7.11. The Labute approximate surface area is 197 Å². The predicted octanol–water partition coefficient (Wildman–Crippen LogP) is 3.60. The zero-order valence-corrected chi connectivity index (χ0v) is 18.7. The first kappa shape index (κ1) is 27.3. The lowest BCUT2D eigenvalue weighted by molar-refractivity contribution is -0.356. The molecule has 2 radical (unpaired) electrons. The van der Waals surface area contributed by atoms with E-state index in [1.807, 2.05) is 0 Å². The average Bonchev–Trinajstić information content (AvgIpc) is 3.34. The Hall–Kier alpha value is -2.29. The molecule has 0 aliphatic heterocycles. The van der Waals surface area contributed by atoms with E-state index < -0.39 is 57.2 Å². The molecule has 192 valence electrons. The number of alkyl halides is 6. The van der Waals surface area contributed by atoms with Crippen LogP contribution in [0.4, 0.5) is 26.3 Å². The summed E-state index contributed by atoms with van der Waals surface area (Å²) in [5.74, 6) is -6.21. The van der Waals surface area contributed by atoms with Gasteiger partial charge in [0.2, 0.25) is 0 Å². The van der Waals surface area contributed by atoms with Gasteiger partial charge in [-0.2, -0.15) is 34.8 Å². The normalized spacial score (nSPS) is 22.8. The fourth-order valence-corrected chi connectivity index (χ4v) is 5.51. The minimum absolute atomic E-state index is 0.0987. The maximum Gasteiger partial charge on any atom is 0.438 e. The zero-order valence-electron chi connectivity index (χ0n) is 17.9. The molecule has 0 spiro atoms. The number of hydrogen-bond donors (Lipinski definition) is 1. The summed E-state index contributed by atoms with van der Waals surface area (Å²) >= 11 is 0. The van der Waals surface area contributed by atoms with Gasteiger partial charge in [-0.3, -0.25) is 9.35 Å². The average molecular weight is 528 g/mol. The lowest BCUT2D eigenvalue weighted by atomic mass is 9.89. The Kier molecular flexibility index (Phi) is 7.26. The van der Waals surface area contributed by atoms with Crippen molar-refractivity contribution in [3.05, 3.63) is 29.3 Å². The monoisotopic (exact) mass is 528 g/mol. The number of rotatable bonds is 7. The van der Waals surface area contributed by atoms with Gasteiger partial charge in [0.1, 0.15) is 11.5 Å². The fourth-order valence-electron chi connectivity index (χ4n) is 4.61. The predicted molar refractivity (Wildman–Crippen MR) is 107 cm³/mol. The molecule has 1 aromatic carbocycles. The number of hydrogen-bond acceptors (Lipinski definition) is 6. The molecule has 2 fully saturated rings. The number of esters is 2. The third-order valence-electron chi connectivity index (χ3n) is 6.34. The topological polar surface area (TPSA) is 107 Å². The van der Waals surface area contributed by atoms with Gasteiger partial charge in [0.05, 0.1) is 19.3 Å². The summed E-state index contributed by atoms with van der Waals surface area (Å²) in [4.78, 5) is 25.0. The Bertz CT molecular complexity index is 1090. The molecule has 2 aliphatic rings. The molecule has 0 saturated heterocycles. The molecule has 0 amide bonds. The Morgan fingerprint density at radius 1 is 1.06 bits per heavy atom. The molecule has 2 aliphatic carbocycles. The number of halogens is 6. The van der Waals surface area contributed by atoms with Crippen molar-refractivity contribution in [1.29, 1.82) is 0 Å². The number of carbonyl (C=O) groups excluding carboxylic acids is 2. The van der Waals surface area contributed by atoms with Gasteiger partial charge in [0.15, 0.2) is 0 Å². The van der Waals surface area contributed by atoms with Crippen LogP contribution in [-0.2, 0) is 26.0 Å². The number of benzene rings is 1. The Balaban J connectivity index is 1.92. The van der Waals surface area contributed by atoms with Crippen LogP contribution in [0.1, 0.15) is 41.6 Å². The van der Waals surface area contributed by atoms with E-state index in [0.717, 1.165) is 31.4 Å². The van der Waals surface area contributed by atoms with Gasteiger partial charge in [-0.05, 0) is 48.8 Å². The van der Waals surface area contributed by atoms with Gasteiger partial charge in [-0.15, -0.1) is 0 Å². The van der Waals surface area contributed by atoms with Gasteiger partial charge >= 0.3 is 29.9 Å². The molecule has 35 heavy (non-hydrogen) atoms. The van der Waals surface area contributed by atoms with Gasteiger partial charge < -0.3 is 9.47 Å². The summed E-state index contributed by atoms with van der Waals surface area (Å²) in [6, 6.07) is 2.52. The number of fused-ring (bicyclic) bond motifs is 2. The summed E-state index contributed by atoms with van der Waals surface area (Å²) < 4.78 is 120. The van der Waals surface area contributed by atoms with Crippen molar-refractivity contribution in [3.63, 3.8) is 0 Å². The van der Waals surface area contributed by atoms with E-state index >= 15 is 0 Å². The maximum absolute atomic E-state index is 13.4. The first-order valence-corrected chi connectivity index (χ1v) is 11.9. The summed E-state index contributed by atoms with van der Waals surface area (Å²) in [5, 5.41) is 0. The molecule has 2 saturated carbocycles. The standard InChI is InChI=1S/C20H19BF6O7S/c21-8-13-4-3-12(7-15(13)33-17(29)14-6-10-1-2-11(14)5-10)16(28)34-18(19(22,23)24,20(25,26)27)9-35(30,31)32/h3-4,7,10-11,14H,1-2,5-6,8-9H2,(H,30,31,32). The molecule has 0 heterocycles. The molecule has 0 aromatic heterocycles. The quantitative estimate of drug-likeness (QED) is 0.190. The van der Waals surface area contributed by atoms with Crippen LogP contribution in [-0.4, -0.2) is 56.5 Å². The van der Waals surface area contributed by atoms with Crippen LogP contribution in [0.25, 0.3) is 0 Å². The molecular formula is C20H19BF6O7S. The van der Waals surface area contributed by atoms with E-state index in [2.05, 4.69) is 4.74 Å². The van der Waals surface area contributed by atoms with Gasteiger partial charge in [0.25, 0.3) is 10.1 Å². The van der Waals surface area contributed by atoms with Gasteiger partial charge in [0, 0.05) is 0 Å². The molecule has 2 bridgehead atoms. The van der Waals surface area contributed by atoms with E-state index in [1.54, 1.807) is 0 Å². The molecular weight excluding hydrogens is 509 g/mol. The van der Waals surface area contributed by atoms with E-state index in [4.69, 9.17) is 17.1 Å². The second kappa shape index (κ2) is 9.30. The highest BCUT2D eigenvalue weighted by Crippen LogP contribution is 2.49. The smallest absolute Gasteiger partial charge is 0.435 e. The van der Waals surface area contributed by atoms with Crippen molar-refractivity contribution in [1.82, 2.24) is 0 Å². The molecule has 7 nitrogen and oxygen atoms in total. The van der Waals surface area contributed by atoms with Crippen LogP contribution < -0.4 is 4.74 Å². The zero-order chi connectivity index (χ0) is 26.4. The van der Waals surface area contributed by atoms with Crippen molar-refractivity contribution in [2.75, 3.05) is 5.75 Å². The highest BCUT2D eigenvalue weighted by molar-refractivity contribution is 7.85.